The van der Waals surface area contributed by atoms with E-state index >= 15 is 0 Å². The van der Waals surface area contributed by atoms with Crippen molar-refractivity contribution < 1.29 is 48.6 Å². The standard InChI is InChI=1S/C29H25F7N4O4S/c1-27-14-18-15-38-40(22-6-4-21(30)5-7-22)24(18)12-19(27)2-3-20(27)16-39(11-10-37)45(41,42)26-13-23(44-29(34,35)36)8-9-25(26)43-17-28(31,32)33/h4-9,12-13,15,20H,2-3,11,14,16-17H2,1H3/t20-,27+/m1/s1. The van der Waals surface area contributed by atoms with Crippen LogP contribution in [0, 0.1) is 28.5 Å². The third kappa shape index (κ3) is 6.79. The van der Waals surface area contributed by atoms with Crippen molar-refractivity contribution in [1.82, 2.24) is 14.1 Å². The van der Waals surface area contributed by atoms with Crippen molar-refractivity contribution in [2.24, 2.45) is 11.3 Å². The molecule has 16 heteroatoms. The minimum Gasteiger partial charge on any atom is -0.483 e. The molecule has 0 unspecified atom stereocenters. The van der Waals surface area contributed by atoms with Gasteiger partial charge in [-0.15, -0.1) is 13.2 Å². The van der Waals surface area contributed by atoms with E-state index in [1.54, 1.807) is 29.1 Å². The average molecular weight is 659 g/mol. The Bertz CT molecular complexity index is 1760. The van der Waals surface area contributed by atoms with Crippen LogP contribution in [0.2, 0.25) is 0 Å². The lowest BCUT2D eigenvalue weighted by Crippen LogP contribution is -2.41. The van der Waals surface area contributed by atoms with Crippen molar-refractivity contribution in [3.8, 4) is 23.3 Å². The van der Waals surface area contributed by atoms with Crippen molar-refractivity contribution in [2.75, 3.05) is 19.7 Å². The van der Waals surface area contributed by atoms with Gasteiger partial charge < -0.3 is 9.47 Å². The van der Waals surface area contributed by atoms with E-state index in [1.807, 2.05) is 13.0 Å². The highest BCUT2D eigenvalue weighted by molar-refractivity contribution is 7.89. The second-order valence-electron chi connectivity index (χ2n) is 11.0. The predicted molar refractivity (Wildman–Crippen MR) is 145 cm³/mol. The highest BCUT2D eigenvalue weighted by atomic mass is 32.2. The van der Waals surface area contributed by atoms with Crippen molar-refractivity contribution in [3.05, 3.63) is 71.3 Å². The zero-order valence-corrected chi connectivity index (χ0v) is 24.3. The molecule has 0 aliphatic heterocycles. The van der Waals surface area contributed by atoms with Gasteiger partial charge in [0.25, 0.3) is 0 Å². The molecule has 1 aromatic heterocycles. The van der Waals surface area contributed by atoms with Crippen LogP contribution in [-0.2, 0) is 16.4 Å². The monoisotopic (exact) mass is 658 g/mol. The molecular formula is C29H25F7N4O4S. The summed E-state index contributed by atoms with van der Waals surface area (Å²) in [6, 6.07) is 9.22. The van der Waals surface area contributed by atoms with Crippen LogP contribution < -0.4 is 9.47 Å². The van der Waals surface area contributed by atoms with Crippen molar-refractivity contribution in [2.45, 2.75) is 43.6 Å². The van der Waals surface area contributed by atoms with Crippen molar-refractivity contribution in [3.63, 3.8) is 0 Å². The van der Waals surface area contributed by atoms with Crippen LogP contribution in [0.3, 0.4) is 0 Å². The van der Waals surface area contributed by atoms with Crippen LogP contribution in [0.15, 0.2) is 59.1 Å². The van der Waals surface area contributed by atoms with Crippen LogP contribution in [0.4, 0.5) is 30.7 Å². The van der Waals surface area contributed by atoms with Crippen LogP contribution in [0.5, 0.6) is 11.5 Å². The molecular weight excluding hydrogens is 633 g/mol. The van der Waals surface area contributed by atoms with Crippen LogP contribution in [0.1, 0.15) is 31.0 Å². The van der Waals surface area contributed by atoms with E-state index in [1.165, 1.54) is 12.1 Å². The molecule has 2 aliphatic rings. The summed E-state index contributed by atoms with van der Waals surface area (Å²) in [5.74, 6) is -2.63. The number of halogens is 7. The summed E-state index contributed by atoms with van der Waals surface area (Å²) in [5, 5.41) is 13.9. The van der Waals surface area contributed by atoms with Gasteiger partial charge in [0.2, 0.25) is 10.0 Å². The Morgan fingerprint density at radius 1 is 1.13 bits per heavy atom. The zero-order valence-electron chi connectivity index (χ0n) is 23.5. The number of benzene rings is 2. The fourth-order valence-electron chi connectivity index (χ4n) is 5.89. The molecule has 2 atom stereocenters. The van der Waals surface area contributed by atoms with Gasteiger partial charge in [-0.2, -0.15) is 27.8 Å². The lowest BCUT2D eigenvalue weighted by atomic mass is 9.70. The second-order valence-corrected chi connectivity index (χ2v) is 12.9. The first-order valence-electron chi connectivity index (χ1n) is 13.5. The summed E-state index contributed by atoms with van der Waals surface area (Å²) < 4.78 is 130. The molecule has 45 heavy (non-hydrogen) atoms. The molecule has 0 spiro atoms. The maximum absolute atomic E-state index is 13.8. The molecule has 0 amide bonds. The molecule has 0 radical (unpaired) electrons. The number of aromatic nitrogens is 2. The van der Waals surface area contributed by atoms with E-state index in [0.717, 1.165) is 21.1 Å². The Morgan fingerprint density at radius 2 is 1.84 bits per heavy atom. The van der Waals surface area contributed by atoms with Crippen LogP contribution in [-0.4, -0.2) is 54.7 Å². The largest absolute Gasteiger partial charge is 0.573 e. The van der Waals surface area contributed by atoms with E-state index in [2.05, 4.69) is 14.6 Å². The van der Waals surface area contributed by atoms with Gasteiger partial charge in [-0.1, -0.05) is 12.5 Å². The summed E-state index contributed by atoms with van der Waals surface area (Å²) >= 11 is 0. The summed E-state index contributed by atoms with van der Waals surface area (Å²) in [5.41, 5.74) is 2.63. The fourth-order valence-corrected chi connectivity index (χ4v) is 7.42. The summed E-state index contributed by atoms with van der Waals surface area (Å²) in [7, 11) is -4.88. The molecule has 0 saturated heterocycles. The first-order valence-corrected chi connectivity index (χ1v) is 14.9. The number of nitriles is 1. The smallest absolute Gasteiger partial charge is 0.483 e. The molecule has 1 saturated carbocycles. The number of rotatable bonds is 9. The average Bonchev–Trinajstić information content (AvgIpc) is 3.49. The maximum Gasteiger partial charge on any atom is 0.573 e. The Morgan fingerprint density at radius 3 is 2.49 bits per heavy atom. The highest BCUT2D eigenvalue weighted by Gasteiger charge is 2.47. The van der Waals surface area contributed by atoms with Gasteiger partial charge in [-0.05, 0) is 78.6 Å². The van der Waals surface area contributed by atoms with E-state index in [0.29, 0.717) is 43.1 Å². The van der Waals surface area contributed by atoms with E-state index in [-0.39, 0.29) is 12.5 Å². The first kappa shape index (κ1) is 32.3. The molecule has 8 nitrogen and oxygen atoms in total. The molecule has 5 rings (SSSR count). The van der Waals surface area contributed by atoms with Crippen molar-refractivity contribution >= 4 is 16.1 Å². The van der Waals surface area contributed by atoms with Crippen molar-refractivity contribution in [1.29, 1.82) is 5.26 Å². The van der Waals surface area contributed by atoms with Gasteiger partial charge in [-0.25, -0.2) is 17.5 Å². The molecule has 3 aromatic rings. The lowest BCUT2D eigenvalue weighted by Gasteiger charge is -2.37. The molecule has 2 aromatic carbocycles. The summed E-state index contributed by atoms with van der Waals surface area (Å²) in [4.78, 5) is -1.01. The number of sulfonamides is 1. The molecule has 2 aliphatic carbocycles. The number of hydrogen-bond acceptors (Lipinski definition) is 6. The SMILES string of the molecule is C[C@]12Cc3cnn(-c4ccc(F)cc4)c3C=C1CC[C@@H]2CN(CC#N)S(=O)(=O)c1cc(OC(F)(F)F)ccc1OCC(F)(F)F. The van der Waals surface area contributed by atoms with Gasteiger partial charge >= 0.3 is 12.5 Å². The number of nitrogens with zero attached hydrogens (tertiary/aromatic N) is 4. The van der Waals surface area contributed by atoms with E-state index in [9.17, 15) is 44.4 Å². The normalized spacial score (nSPS) is 19.9. The number of allylic oxidation sites excluding steroid dienone is 1. The molecule has 1 heterocycles. The Balaban J connectivity index is 1.46. The minimum absolute atomic E-state index is 0.256. The van der Waals surface area contributed by atoms with Gasteiger partial charge in [0.1, 0.15) is 28.8 Å². The molecule has 240 valence electrons. The van der Waals surface area contributed by atoms with Gasteiger partial charge in [0, 0.05) is 12.6 Å². The molecule has 0 bridgehead atoms. The van der Waals surface area contributed by atoms with Crippen LogP contribution >= 0.6 is 0 Å². The highest BCUT2D eigenvalue weighted by Crippen LogP contribution is 2.53. The zero-order chi connectivity index (χ0) is 32.8. The minimum atomic E-state index is -5.22. The first-order chi connectivity index (χ1) is 21.0. The number of fused-ring (bicyclic) bond motifs is 2. The molecule has 0 N–H and O–H groups in total. The van der Waals surface area contributed by atoms with Gasteiger partial charge in [0.15, 0.2) is 6.61 Å². The summed E-state index contributed by atoms with van der Waals surface area (Å²) in [6.07, 6.45) is -5.00. The lowest BCUT2D eigenvalue weighted by molar-refractivity contribution is -0.274. The predicted octanol–water partition coefficient (Wildman–Crippen LogP) is 6.42. The number of alkyl halides is 6. The number of ether oxygens (including phenoxy) is 2. The third-order valence-corrected chi connectivity index (χ3v) is 9.88. The maximum atomic E-state index is 13.8. The van der Waals surface area contributed by atoms with E-state index < -0.39 is 63.3 Å². The Labute approximate surface area is 253 Å². The Kier molecular flexibility index (Phi) is 8.38. The summed E-state index contributed by atoms with van der Waals surface area (Å²) in [6.45, 7) is -0.962. The van der Waals surface area contributed by atoms with E-state index in [4.69, 9.17) is 0 Å². The molecule has 1 fully saturated rings. The Hall–Kier alpha value is -4.10. The number of hydrogen-bond donors (Lipinski definition) is 0. The second kappa shape index (κ2) is 11.7. The quantitative estimate of drug-likeness (QED) is 0.195. The fraction of sp³-hybridized carbons (Fsp3) is 0.379. The van der Waals surface area contributed by atoms with Crippen LogP contribution in [0.25, 0.3) is 11.8 Å². The topological polar surface area (TPSA) is 97.5 Å². The third-order valence-electron chi connectivity index (χ3n) is 8.05. The van der Waals surface area contributed by atoms with Gasteiger partial charge in [0.05, 0.1) is 23.6 Å². The van der Waals surface area contributed by atoms with Gasteiger partial charge in [-0.3, -0.25) is 0 Å².